The molecule has 0 saturated carbocycles. The highest BCUT2D eigenvalue weighted by molar-refractivity contribution is 6.42. The number of hydrogen-bond donors (Lipinski definition) is 3. The molecule has 0 aliphatic rings. The number of Topliss-reactive ketones (excluding diaryl/α,β-unsaturated/α-hetero) is 1. The lowest BCUT2D eigenvalue weighted by atomic mass is 9.76. The van der Waals surface area contributed by atoms with Gasteiger partial charge in [-0.15, -0.1) is 10.2 Å². The van der Waals surface area contributed by atoms with Crippen LogP contribution in [0.2, 0.25) is 0 Å². The van der Waals surface area contributed by atoms with Gasteiger partial charge in [0, 0.05) is 11.6 Å². The fraction of sp³-hybridized carbons (Fsp3) is 0.440. The third-order valence-corrected chi connectivity index (χ3v) is 6.26. The van der Waals surface area contributed by atoms with Gasteiger partial charge in [0.15, 0.2) is 0 Å². The number of hydrogen-bond acceptors (Lipinski definition) is 7. The average molecular weight is 551 g/mol. The van der Waals surface area contributed by atoms with Gasteiger partial charge in [-0.05, 0) is 42.5 Å². The summed E-state index contributed by atoms with van der Waals surface area (Å²) in [7, 11) is 0. The van der Waals surface area contributed by atoms with Crippen LogP contribution in [0.25, 0.3) is 11.5 Å². The Kier molecular flexibility index (Phi) is 8.77. The topological polar surface area (TPSA) is 154 Å². The van der Waals surface area contributed by atoms with E-state index >= 15 is 0 Å². The van der Waals surface area contributed by atoms with Gasteiger partial charge in [0.1, 0.15) is 17.9 Å². The average Bonchev–Trinajstić information content (AvgIpc) is 3.55. The molecule has 3 N–H and O–H groups in total. The van der Waals surface area contributed by atoms with Gasteiger partial charge in [0.05, 0.1) is 11.8 Å². The summed E-state index contributed by atoms with van der Waals surface area (Å²) in [6.45, 7) is 6.88. The number of nitrogens with one attached hydrogen (secondary N) is 2. The minimum atomic E-state index is -4.52. The molecule has 0 radical (unpaired) electrons. The van der Waals surface area contributed by atoms with Gasteiger partial charge in [-0.2, -0.15) is 18.3 Å². The van der Waals surface area contributed by atoms with Crippen molar-refractivity contribution in [2.24, 2.45) is 5.41 Å². The van der Waals surface area contributed by atoms with Gasteiger partial charge >= 0.3 is 12.3 Å². The molecule has 2 aromatic heterocycles. The lowest BCUT2D eigenvalue weighted by molar-refractivity contribution is -0.141. The van der Waals surface area contributed by atoms with Crippen molar-refractivity contribution < 1.29 is 37.1 Å². The first-order valence-electron chi connectivity index (χ1n) is 12.2. The summed E-state index contributed by atoms with van der Waals surface area (Å²) in [6.07, 6.45) is -3.55. The Morgan fingerprint density at radius 2 is 1.77 bits per heavy atom. The van der Waals surface area contributed by atoms with Crippen molar-refractivity contribution in [1.82, 2.24) is 25.3 Å². The van der Waals surface area contributed by atoms with E-state index in [9.17, 15) is 32.7 Å². The number of carboxylic acid groups (broad SMARTS) is 1. The molecule has 0 unspecified atom stereocenters. The first-order chi connectivity index (χ1) is 18.3. The molecular formula is C25H29F3N6O5. The number of H-pyrrole nitrogens is 1. The van der Waals surface area contributed by atoms with Crippen LogP contribution in [-0.2, 0) is 15.8 Å². The molecule has 3 aromatic rings. The molecule has 2 atom stereocenters. The van der Waals surface area contributed by atoms with Crippen LogP contribution in [0.4, 0.5) is 23.8 Å². The number of rotatable bonds is 11. The minimum absolute atomic E-state index is 0.0924. The van der Waals surface area contributed by atoms with Crippen molar-refractivity contribution >= 4 is 23.6 Å². The Balaban J connectivity index is 2.00. The van der Waals surface area contributed by atoms with E-state index in [4.69, 9.17) is 4.42 Å². The van der Waals surface area contributed by atoms with Crippen LogP contribution in [0.5, 0.6) is 0 Å². The summed E-state index contributed by atoms with van der Waals surface area (Å²) in [5.74, 6) is -2.17. The monoisotopic (exact) mass is 550 g/mol. The zero-order chi connectivity index (χ0) is 29.0. The molecule has 0 spiro atoms. The van der Waals surface area contributed by atoms with Crippen molar-refractivity contribution in [2.45, 2.75) is 65.2 Å². The van der Waals surface area contributed by atoms with Gasteiger partial charge in [0.25, 0.3) is 5.91 Å². The fourth-order valence-electron chi connectivity index (χ4n) is 4.47. The Bertz CT molecular complexity index is 1290. The van der Waals surface area contributed by atoms with E-state index in [-0.39, 0.29) is 29.6 Å². The number of benzene rings is 1. The van der Waals surface area contributed by atoms with E-state index in [1.54, 1.807) is 20.8 Å². The Labute approximate surface area is 221 Å². The highest BCUT2D eigenvalue weighted by Gasteiger charge is 2.47. The second kappa shape index (κ2) is 11.7. The van der Waals surface area contributed by atoms with Crippen LogP contribution in [0.15, 0.2) is 40.9 Å². The van der Waals surface area contributed by atoms with E-state index in [0.29, 0.717) is 12.8 Å². The quantitative estimate of drug-likeness (QED) is 0.271. The molecule has 0 aliphatic heterocycles. The molecule has 11 nitrogen and oxygen atoms in total. The molecule has 14 heteroatoms. The van der Waals surface area contributed by atoms with Crippen LogP contribution < -0.4 is 5.32 Å². The molecule has 3 rings (SSSR count). The predicted molar refractivity (Wildman–Crippen MR) is 132 cm³/mol. The Hall–Kier alpha value is -4.23. The SMILES string of the molecule is CCCC(C)(C)[C@@H](C(=O)C(=O)Nc1ccn[nH]1)N(C(=O)O)[C@@H](CC)c1nnc(-c2ccc(C(F)(F)F)cc2)o1. The molecule has 2 amide bonds. The summed E-state index contributed by atoms with van der Waals surface area (Å²) in [4.78, 5) is 39.9. The van der Waals surface area contributed by atoms with Crippen molar-refractivity contribution in [3.8, 4) is 11.5 Å². The van der Waals surface area contributed by atoms with Gasteiger partial charge in [-0.25, -0.2) is 4.79 Å². The number of ketones is 1. The van der Waals surface area contributed by atoms with Gasteiger partial charge in [0.2, 0.25) is 17.6 Å². The molecule has 0 bridgehead atoms. The second-order valence-electron chi connectivity index (χ2n) is 9.56. The molecule has 39 heavy (non-hydrogen) atoms. The lowest BCUT2D eigenvalue weighted by Crippen LogP contribution is -2.56. The predicted octanol–water partition coefficient (Wildman–Crippen LogP) is 5.31. The third-order valence-electron chi connectivity index (χ3n) is 6.26. The van der Waals surface area contributed by atoms with E-state index in [0.717, 1.165) is 29.2 Å². The largest absolute Gasteiger partial charge is 0.465 e. The fourth-order valence-corrected chi connectivity index (χ4v) is 4.47. The maximum atomic E-state index is 13.5. The van der Waals surface area contributed by atoms with Crippen LogP contribution >= 0.6 is 0 Å². The van der Waals surface area contributed by atoms with Crippen molar-refractivity contribution in [3.63, 3.8) is 0 Å². The van der Waals surface area contributed by atoms with Crippen LogP contribution in [0.1, 0.15) is 64.5 Å². The van der Waals surface area contributed by atoms with Gasteiger partial charge in [-0.3, -0.25) is 19.6 Å². The molecule has 0 saturated heterocycles. The number of amides is 2. The number of aromatic nitrogens is 4. The molecule has 0 aliphatic carbocycles. The maximum absolute atomic E-state index is 13.5. The first kappa shape index (κ1) is 29.3. The number of carbonyl (C=O) groups excluding carboxylic acids is 2. The maximum Gasteiger partial charge on any atom is 0.416 e. The molecule has 210 valence electrons. The summed E-state index contributed by atoms with van der Waals surface area (Å²) < 4.78 is 44.5. The number of nitrogens with zero attached hydrogens (tertiary/aromatic N) is 4. The second-order valence-corrected chi connectivity index (χ2v) is 9.56. The molecule has 0 fully saturated rings. The van der Waals surface area contributed by atoms with Crippen LogP contribution in [-0.4, -0.2) is 54.2 Å². The Morgan fingerprint density at radius 1 is 1.10 bits per heavy atom. The number of halogens is 3. The first-order valence-corrected chi connectivity index (χ1v) is 12.2. The number of carbonyl (C=O) groups is 3. The highest BCUT2D eigenvalue weighted by Crippen LogP contribution is 2.38. The number of aromatic amines is 1. The lowest BCUT2D eigenvalue weighted by Gasteiger charge is -2.41. The summed E-state index contributed by atoms with van der Waals surface area (Å²) in [5.41, 5.74) is -1.65. The van der Waals surface area contributed by atoms with E-state index in [1.165, 1.54) is 12.3 Å². The van der Waals surface area contributed by atoms with E-state index in [2.05, 4.69) is 25.7 Å². The number of anilines is 1. The standard InChI is InChI=1S/C25H29F3N6O5/c1-5-12-24(3,4)19(18(35)20(36)30-17-11-13-29-31-17)34(23(37)38)16(6-2)22-33-32-21(39-22)14-7-9-15(10-8-14)25(26,27)28/h7-11,13,16,19H,5-6,12H2,1-4H3,(H,37,38)(H2,29,30,31,36)/t16-,19+/m0/s1. The van der Waals surface area contributed by atoms with Gasteiger partial charge in [-0.1, -0.05) is 34.1 Å². The molecule has 1 aromatic carbocycles. The Morgan fingerprint density at radius 3 is 2.28 bits per heavy atom. The van der Waals surface area contributed by atoms with E-state index in [1.807, 2.05) is 6.92 Å². The normalized spacial score (nSPS) is 13.5. The summed E-state index contributed by atoms with van der Waals surface area (Å²) >= 11 is 0. The third kappa shape index (κ3) is 6.62. The van der Waals surface area contributed by atoms with Gasteiger partial charge < -0.3 is 14.8 Å². The summed E-state index contributed by atoms with van der Waals surface area (Å²) in [6, 6.07) is 2.90. The van der Waals surface area contributed by atoms with E-state index < -0.39 is 47.0 Å². The smallest absolute Gasteiger partial charge is 0.416 e. The van der Waals surface area contributed by atoms with Crippen LogP contribution in [0.3, 0.4) is 0 Å². The van der Waals surface area contributed by atoms with Crippen LogP contribution in [0, 0.1) is 5.41 Å². The zero-order valence-electron chi connectivity index (χ0n) is 21.7. The molecule has 2 heterocycles. The summed E-state index contributed by atoms with van der Waals surface area (Å²) in [5, 5.41) is 26.7. The van der Waals surface area contributed by atoms with Crippen molar-refractivity contribution in [1.29, 1.82) is 0 Å². The minimum Gasteiger partial charge on any atom is -0.465 e. The number of alkyl halides is 3. The van der Waals surface area contributed by atoms with Crippen molar-refractivity contribution in [2.75, 3.05) is 5.32 Å². The molecular weight excluding hydrogens is 521 g/mol. The van der Waals surface area contributed by atoms with Crippen molar-refractivity contribution in [3.05, 3.63) is 48.0 Å². The highest BCUT2D eigenvalue weighted by atomic mass is 19.4. The zero-order valence-corrected chi connectivity index (χ0v) is 21.7.